The van der Waals surface area contributed by atoms with Gasteiger partial charge >= 0.3 is 0 Å². The van der Waals surface area contributed by atoms with Crippen LogP contribution < -0.4 is 5.73 Å². The molecule has 1 aliphatic carbocycles. The molecule has 1 heterocycles. The molecule has 0 atom stereocenters. The minimum Gasteiger partial charge on any atom is -0.383 e. The summed E-state index contributed by atoms with van der Waals surface area (Å²) in [5, 5.41) is 0.0650. The highest BCUT2D eigenvalue weighted by Gasteiger charge is 2.20. The van der Waals surface area contributed by atoms with E-state index in [1.54, 1.807) is 12.1 Å². The van der Waals surface area contributed by atoms with E-state index >= 15 is 0 Å². The van der Waals surface area contributed by atoms with Gasteiger partial charge in [0.05, 0.1) is 10.6 Å². The molecular formula is C13H11ClFN3. The number of fused-ring (bicyclic) bond motifs is 1. The quantitative estimate of drug-likeness (QED) is 0.860. The summed E-state index contributed by atoms with van der Waals surface area (Å²) in [6, 6.07) is 4.78. The van der Waals surface area contributed by atoms with Gasteiger partial charge in [-0.2, -0.15) is 0 Å². The first-order valence-electron chi connectivity index (χ1n) is 5.76. The van der Waals surface area contributed by atoms with Crippen molar-refractivity contribution in [3.8, 4) is 11.4 Å². The van der Waals surface area contributed by atoms with E-state index in [-0.39, 0.29) is 5.02 Å². The first-order valence-corrected chi connectivity index (χ1v) is 6.14. The predicted octanol–water partition coefficient (Wildman–Crippen LogP) is 3.01. The molecule has 0 spiro atoms. The Bertz CT molecular complexity index is 628. The van der Waals surface area contributed by atoms with Gasteiger partial charge in [-0.1, -0.05) is 17.7 Å². The van der Waals surface area contributed by atoms with Gasteiger partial charge in [-0.25, -0.2) is 14.4 Å². The second kappa shape index (κ2) is 4.21. The Hall–Kier alpha value is -1.68. The summed E-state index contributed by atoms with van der Waals surface area (Å²) in [7, 11) is 0. The second-order valence-corrected chi connectivity index (χ2v) is 4.72. The van der Waals surface area contributed by atoms with E-state index in [1.807, 2.05) is 0 Å². The Balaban J connectivity index is 2.18. The van der Waals surface area contributed by atoms with Crippen LogP contribution in [0.25, 0.3) is 11.4 Å². The molecule has 2 aromatic rings. The van der Waals surface area contributed by atoms with E-state index in [1.165, 1.54) is 6.07 Å². The van der Waals surface area contributed by atoms with Crippen LogP contribution in [0, 0.1) is 5.82 Å². The van der Waals surface area contributed by atoms with Crippen molar-refractivity contribution in [3.63, 3.8) is 0 Å². The van der Waals surface area contributed by atoms with Crippen LogP contribution in [0.1, 0.15) is 17.7 Å². The summed E-state index contributed by atoms with van der Waals surface area (Å²) in [6.45, 7) is 0. The maximum Gasteiger partial charge on any atom is 0.164 e. The van der Waals surface area contributed by atoms with Crippen LogP contribution >= 0.6 is 11.6 Å². The number of hydrogen-bond donors (Lipinski definition) is 1. The lowest BCUT2D eigenvalue weighted by Crippen LogP contribution is -2.03. The standard InChI is InChI=1S/C13H11ClFN3/c14-9-5-1-4-8(11(9)15)13-17-10-6-2-3-7(10)12(16)18-13/h1,4-5H,2-3,6H2,(H2,16,17,18). The highest BCUT2D eigenvalue weighted by Crippen LogP contribution is 2.30. The number of anilines is 1. The molecule has 0 radical (unpaired) electrons. The molecule has 0 fully saturated rings. The normalized spacial score (nSPS) is 13.7. The molecule has 0 aliphatic heterocycles. The first kappa shape index (κ1) is 11.4. The van der Waals surface area contributed by atoms with Crippen molar-refractivity contribution in [3.05, 3.63) is 40.3 Å². The van der Waals surface area contributed by atoms with E-state index in [2.05, 4.69) is 9.97 Å². The van der Waals surface area contributed by atoms with Crippen LogP contribution in [-0.2, 0) is 12.8 Å². The fourth-order valence-corrected chi connectivity index (χ4v) is 2.43. The van der Waals surface area contributed by atoms with E-state index in [9.17, 15) is 4.39 Å². The van der Waals surface area contributed by atoms with Gasteiger partial charge in [0.2, 0.25) is 0 Å². The SMILES string of the molecule is Nc1nc(-c2cccc(Cl)c2F)nc2c1CCC2. The van der Waals surface area contributed by atoms with Gasteiger partial charge in [0.1, 0.15) is 5.82 Å². The first-order chi connectivity index (χ1) is 8.66. The van der Waals surface area contributed by atoms with Crippen molar-refractivity contribution in [2.24, 2.45) is 0 Å². The zero-order valence-corrected chi connectivity index (χ0v) is 10.3. The van der Waals surface area contributed by atoms with Crippen LogP contribution in [0.15, 0.2) is 18.2 Å². The summed E-state index contributed by atoms with van der Waals surface area (Å²) < 4.78 is 13.9. The maximum absolute atomic E-state index is 13.9. The van der Waals surface area contributed by atoms with Crippen molar-refractivity contribution in [1.82, 2.24) is 9.97 Å². The molecule has 0 unspecified atom stereocenters. The van der Waals surface area contributed by atoms with Crippen molar-refractivity contribution in [1.29, 1.82) is 0 Å². The fraction of sp³-hybridized carbons (Fsp3) is 0.231. The van der Waals surface area contributed by atoms with Crippen molar-refractivity contribution < 1.29 is 4.39 Å². The molecule has 0 bridgehead atoms. The summed E-state index contributed by atoms with van der Waals surface area (Å²) >= 11 is 5.76. The molecule has 1 aromatic carbocycles. The van der Waals surface area contributed by atoms with Gasteiger partial charge in [-0.15, -0.1) is 0 Å². The molecule has 0 saturated heterocycles. The molecule has 1 aliphatic rings. The highest BCUT2D eigenvalue weighted by atomic mass is 35.5. The smallest absolute Gasteiger partial charge is 0.164 e. The molecule has 3 nitrogen and oxygen atoms in total. The Kier molecular flexibility index (Phi) is 2.67. The fourth-order valence-electron chi connectivity index (χ4n) is 2.26. The van der Waals surface area contributed by atoms with Gasteiger partial charge in [0, 0.05) is 11.3 Å². The highest BCUT2D eigenvalue weighted by molar-refractivity contribution is 6.31. The molecule has 2 N–H and O–H groups in total. The topological polar surface area (TPSA) is 51.8 Å². The molecule has 0 saturated carbocycles. The van der Waals surface area contributed by atoms with E-state index < -0.39 is 5.82 Å². The van der Waals surface area contributed by atoms with E-state index in [0.717, 1.165) is 30.5 Å². The minimum absolute atomic E-state index is 0.0650. The molecule has 18 heavy (non-hydrogen) atoms. The third-order valence-electron chi connectivity index (χ3n) is 3.16. The average Bonchev–Trinajstić information content (AvgIpc) is 2.81. The zero-order valence-electron chi connectivity index (χ0n) is 9.58. The van der Waals surface area contributed by atoms with Gasteiger partial charge in [-0.05, 0) is 31.4 Å². The van der Waals surface area contributed by atoms with Crippen LogP contribution in [0.4, 0.5) is 10.2 Å². The molecule has 1 aromatic heterocycles. The summed E-state index contributed by atoms with van der Waals surface area (Å²) in [5.41, 5.74) is 8.12. The average molecular weight is 264 g/mol. The Morgan fingerprint density at radius 2 is 2.06 bits per heavy atom. The van der Waals surface area contributed by atoms with Gasteiger partial charge in [-0.3, -0.25) is 0 Å². The van der Waals surface area contributed by atoms with Gasteiger partial charge in [0.15, 0.2) is 11.6 Å². The number of nitrogens with zero attached hydrogens (tertiary/aromatic N) is 2. The molecular weight excluding hydrogens is 253 g/mol. The summed E-state index contributed by atoms with van der Waals surface area (Å²) in [4.78, 5) is 8.58. The van der Waals surface area contributed by atoms with Crippen molar-refractivity contribution >= 4 is 17.4 Å². The number of halogens is 2. The van der Waals surface area contributed by atoms with Crippen LogP contribution in [0.3, 0.4) is 0 Å². The number of hydrogen-bond acceptors (Lipinski definition) is 3. The zero-order chi connectivity index (χ0) is 12.7. The Morgan fingerprint density at radius 3 is 2.89 bits per heavy atom. The second-order valence-electron chi connectivity index (χ2n) is 4.31. The number of aryl methyl sites for hydroxylation is 1. The number of nitrogens with two attached hydrogens (primary N) is 1. The van der Waals surface area contributed by atoms with E-state index in [0.29, 0.717) is 17.2 Å². The van der Waals surface area contributed by atoms with Crippen LogP contribution in [0.5, 0.6) is 0 Å². The largest absolute Gasteiger partial charge is 0.383 e. The van der Waals surface area contributed by atoms with Crippen LogP contribution in [-0.4, -0.2) is 9.97 Å². The molecule has 92 valence electrons. The summed E-state index contributed by atoms with van der Waals surface area (Å²) in [6.07, 6.45) is 2.80. The number of benzene rings is 1. The predicted molar refractivity (Wildman–Crippen MR) is 68.9 cm³/mol. The van der Waals surface area contributed by atoms with Gasteiger partial charge < -0.3 is 5.73 Å². The third-order valence-corrected chi connectivity index (χ3v) is 3.45. The van der Waals surface area contributed by atoms with Crippen LogP contribution in [0.2, 0.25) is 5.02 Å². The number of rotatable bonds is 1. The van der Waals surface area contributed by atoms with Crippen molar-refractivity contribution in [2.45, 2.75) is 19.3 Å². The number of nitrogen functional groups attached to an aromatic ring is 1. The lowest BCUT2D eigenvalue weighted by Gasteiger charge is -2.08. The Morgan fingerprint density at radius 1 is 1.22 bits per heavy atom. The Labute approximate surface area is 109 Å². The van der Waals surface area contributed by atoms with Gasteiger partial charge in [0.25, 0.3) is 0 Å². The van der Waals surface area contributed by atoms with Crippen molar-refractivity contribution in [2.75, 3.05) is 5.73 Å². The lowest BCUT2D eigenvalue weighted by atomic mass is 10.1. The molecule has 5 heteroatoms. The van der Waals surface area contributed by atoms with E-state index in [4.69, 9.17) is 17.3 Å². The number of aromatic nitrogens is 2. The minimum atomic E-state index is -0.503. The third kappa shape index (κ3) is 1.73. The maximum atomic E-state index is 13.9. The lowest BCUT2D eigenvalue weighted by molar-refractivity contribution is 0.630. The molecule has 0 amide bonds. The molecule has 3 rings (SSSR count). The monoisotopic (exact) mass is 263 g/mol. The summed E-state index contributed by atoms with van der Waals surface area (Å²) in [5.74, 6) is 0.261.